The lowest BCUT2D eigenvalue weighted by atomic mass is 10.00. The van der Waals surface area contributed by atoms with E-state index in [0.717, 1.165) is 61.6 Å². The van der Waals surface area contributed by atoms with Crippen LogP contribution in [0.3, 0.4) is 0 Å². The van der Waals surface area contributed by atoms with Crippen molar-refractivity contribution in [3.05, 3.63) is 79.2 Å². The molecule has 0 bridgehead atoms. The van der Waals surface area contributed by atoms with Crippen molar-refractivity contribution in [3.8, 4) is 11.1 Å². The maximum atomic E-state index is 13.0. The third-order valence-electron chi connectivity index (χ3n) is 5.85. The zero-order valence-electron chi connectivity index (χ0n) is 19.3. The second kappa shape index (κ2) is 9.26. The van der Waals surface area contributed by atoms with Crippen LogP contribution in [0, 0.1) is 13.8 Å². The van der Waals surface area contributed by atoms with Gasteiger partial charge in [-0.3, -0.25) is 14.3 Å². The minimum Gasteiger partial charge on any atom is -0.304 e. The largest absolute Gasteiger partial charge is 0.304 e. The Morgan fingerprint density at radius 1 is 1.06 bits per heavy atom. The predicted molar refractivity (Wildman–Crippen MR) is 138 cm³/mol. The summed E-state index contributed by atoms with van der Waals surface area (Å²) in [6.45, 7) is 8.06. The number of thiophene rings is 1. The van der Waals surface area contributed by atoms with Crippen molar-refractivity contribution >= 4 is 44.0 Å². The second-order valence-corrected chi connectivity index (χ2v) is 11.5. The van der Waals surface area contributed by atoms with Crippen LogP contribution in [0.15, 0.2) is 45.4 Å². The van der Waals surface area contributed by atoms with Crippen LogP contribution < -0.4 is 5.56 Å². The minimum atomic E-state index is -4.33. The fourth-order valence-corrected chi connectivity index (χ4v) is 6.58. The molecule has 0 aliphatic carbocycles. The number of nitrogens with zero attached hydrogens (tertiary/aromatic N) is 2. The first-order valence-corrected chi connectivity index (χ1v) is 13.6. The molecule has 0 spiro atoms. The van der Waals surface area contributed by atoms with Gasteiger partial charge in [0.25, 0.3) is 5.56 Å². The van der Waals surface area contributed by atoms with E-state index in [0.29, 0.717) is 23.6 Å². The van der Waals surface area contributed by atoms with Gasteiger partial charge in [0.15, 0.2) is 4.21 Å². The smallest absolute Gasteiger partial charge is 0.304 e. The Hall–Kier alpha value is -2.52. The van der Waals surface area contributed by atoms with E-state index in [1.54, 1.807) is 17.6 Å². The first kappa shape index (κ1) is 24.6. The number of fused-ring (bicyclic) bond motifs is 1. The molecular weight excluding hydrogens is 492 g/mol. The van der Waals surface area contributed by atoms with E-state index >= 15 is 0 Å². The number of hydrogen-bond donors (Lipinski definition) is 1. The van der Waals surface area contributed by atoms with E-state index < -0.39 is 10.1 Å². The number of benzene rings is 1. The Bertz CT molecular complexity index is 1590. The van der Waals surface area contributed by atoms with E-state index in [-0.39, 0.29) is 9.77 Å². The van der Waals surface area contributed by atoms with Crippen molar-refractivity contribution in [2.75, 3.05) is 0 Å². The van der Waals surface area contributed by atoms with Crippen molar-refractivity contribution in [1.29, 1.82) is 0 Å². The van der Waals surface area contributed by atoms with Crippen molar-refractivity contribution in [3.63, 3.8) is 0 Å². The average Bonchev–Trinajstić information content (AvgIpc) is 3.17. The molecule has 0 atom stereocenters. The lowest BCUT2D eigenvalue weighted by Crippen LogP contribution is -2.21. The van der Waals surface area contributed by atoms with Gasteiger partial charge in [-0.25, -0.2) is 0 Å². The molecule has 3 aromatic heterocycles. The predicted octanol–water partition coefficient (Wildman–Crippen LogP) is 5.82. The molecule has 1 N–H and O–H groups in total. The topological polar surface area (TPSA) is 89.3 Å². The SMILES string of the molecule is CCc1cc2c(c(Cl)cc(=O)n2Cc2ccc(-c3cc(C)sc3S(=O)(=O)O)c(C)c2)c(CC)n1. The molecule has 4 aromatic rings. The van der Waals surface area contributed by atoms with Crippen LogP contribution >= 0.6 is 22.9 Å². The normalized spacial score (nSPS) is 11.9. The molecule has 34 heavy (non-hydrogen) atoms. The summed E-state index contributed by atoms with van der Waals surface area (Å²) in [5.74, 6) is 0. The zero-order valence-corrected chi connectivity index (χ0v) is 21.7. The van der Waals surface area contributed by atoms with Crippen molar-refractivity contribution in [1.82, 2.24) is 9.55 Å². The number of halogens is 1. The average molecular weight is 517 g/mol. The third-order valence-corrected chi connectivity index (χ3v) is 8.56. The van der Waals surface area contributed by atoms with Gasteiger partial charge in [0, 0.05) is 27.6 Å². The summed E-state index contributed by atoms with van der Waals surface area (Å²) >= 11 is 7.50. The first-order valence-electron chi connectivity index (χ1n) is 10.9. The lowest BCUT2D eigenvalue weighted by Gasteiger charge is -2.16. The van der Waals surface area contributed by atoms with Crippen LogP contribution in [0.2, 0.25) is 5.02 Å². The van der Waals surface area contributed by atoms with Gasteiger partial charge in [-0.1, -0.05) is 43.6 Å². The molecule has 6 nitrogen and oxygen atoms in total. The zero-order chi connectivity index (χ0) is 24.8. The van der Waals surface area contributed by atoms with E-state index in [2.05, 4.69) is 0 Å². The van der Waals surface area contributed by atoms with Gasteiger partial charge in [0.2, 0.25) is 0 Å². The highest BCUT2D eigenvalue weighted by Gasteiger charge is 2.21. The summed E-state index contributed by atoms with van der Waals surface area (Å²) in [6.07, 6.45) is 1.44. The number of aryl methyl sites for hydroxylation is 4. The molecule has 4 rings (SSSR count). The third kappa shape index (κ3) is 4.55. The van der Waals surface area contributed by atoms with Crippen LogP contribution in [-0.2, 0) is 29.5 Å². The van der Waals surface area contributed by atoms with Gasteiger partial charge < -0.3 is 4.57 Å². The van der Waals surface area contributed by atoms with Gasteiger partial charge in [-0.05, 0) is 55.5 Å². The Kier molecular flexibility index (Phi) is 6.70. The van der Waals surface area contributed by atoms with Crippen LogP contribution in [-0.4, -0.2) is 22.5 Å². The molecule has 178 valence electrons. The highest BCUT2D eigenvalue weighted by molar-refractivity contribution is 7.88. The minimum absolute atomic E-state index is 0.0625. The number of hydrogen-bond acceptors (Lipinski definition) is 5. The van der Waals surface area contributed by atoms with Gasteiger partial charge >= 0.3 is 10.1 Å². The quantitative estimate of drug-likeness (QED) is 0.326. The molecule has 0 radical (unpaired) electrons. The van der Waals surface area contributed by atoms with Crippen LogP contribution in [0.5, 0.6) is 0 Å². The Balaban J connectivity index is 1.83. The molecule has 9 heteroatoms. The van der Waals surface area contributed by atoms with E-state index in [1.807, 2.05) is 45.0 Å². The van der Waals surface area contributed by atoms with Gasteiger partial charge in [-0.2, -0.15) is 8.42 Å². The number of rotatable bonds is 6. The number of pyridine rings is 2. The van der Waals surface area contributed by atoms with Crippen molar-refractivity contribution < 1.29 is 13.0 Å². The maximum Gasteiger partial charge on any atom is 0.304 e. The molecule has 0 aliphatic heterocycles. The molecule has 0 saturated heterocycles. The van der Waals surface area contributed by atoms with E-state index in [9.17, 15) is 17.8 Å². The highest BCUT2D eigenvalue weighted by Crippen LogP contribution is 2.37. The maximum absolute atomic E-state index is 13.0. The van der Waals surface area contributed by atoms with E-state index in [1.165, 1.54) is 6.07 Å². The highest BCUT2D eigenvalue weighted by atomic mass is 35.5. The Morgan fingerprint density at radius 3 is 2.41 bits per heavy atom. The second-order valence-electron chi connectivity index (χ2n) is 8.26. The molecule has 0 amide bonds. The van der Waals surface area contributed by atoms with Crippen LogP contribution in [0.25, 0.3) is 22.0 Å². The summed E-state index contributed by atoms with van der Waals surface area (Å²) in [5.41, 5.74) is 5.26. The van der Waals surface area contributed by atoms with Gasteiger partial charge in [0.1, 0.15) is 0 Å². The summed E-state index contributed by atoms with van der Waals surface area (Å²) in [5, 5.41) is 1.20. The summed E-state index contributed by atoms with van der Waals surface area (Å²) < 4.78 is 35.0. The molecular formula is C25H25ClN2O4S2. The summed E-state index contributed by atoms with van der Waals surface area (Å²) in [4.78, 5) is 18.4. The van der Waals surface area contributed by atoms with Crippen molar-refractivity contribution in [2.24, 2.45) is 0 Å². The first-order chi connectivity index (χ1) is 16.0. The lowest BCUT2D eigenvalue weighted by molar-refractivity contribution is 0.486. The fraction of sp³-hybridized carbons (Fsp3) is 0.280. The fourth-order valence-electron chi connectivity index (χ4n) is 4.27. The molecule has 3 heterocycles. The standard InChI is InChI=1S/C25H25ClN2O4S2/c1-5-17-11-22-24(21(6-2)27-17)20(26)12-23(29)28(22)13-16-7-8-18(14(3)9-16)19-10-15(4)33-25(19)34(30,31)32/h7-12H,5-6,13H2,1-4H3,(H,30,31,32). The molecule has 0 aliphatic rings. The number of aromatic nitrogens is 2. The van der Waals surface area contributed by atoms with Gasteiger partial charge in [-0.15, -0.1) is 11.3 Å². The Labute approximate surface area is 207 Å². The molecule has 0 saturated carbocycles. The van der Waals surface area contributed by atoms with Crippen molar-refractivity contribution in [2.45, 2.75) is 51.3 Å². The van der Waals surface area contributed by atoms with E-state index in [4.69, 9.17) is 16.6 Å². The molecule has 0 unspecified atom stereocenters. The molecule has 0 fully saturated rings. The van der Waals surface area contributed by atoms with Gasteiger partial charge in [0.05, 0.1) is 22.8 Å². The van der Waals surface area contributed by atoms with Crippen LogP contribution in [0.4, 0.5) is 0 Å². The summed E-state index contributed by atoms with van der Waals surface area (Å²) in [6, 6.07) is 10.8. The Morgan fingerprint density at radius 2 is 1.79 bits per heavy atom. The van der Waals surface area contributed by atoms with Crippen LogP contribution in [0.1, 0.15) is 41.2 Å². The summed E-state index contributed by atoms with van der Waals surface area (Å²) in [7, 11) is -4.33. The monoisotopic (exact) mass is 516 g/mol. The molecule has 1 aromatic carbocycles.